The van der Waals surface area contributed by atoms with Crippen LogP contribution in [0, 0.1) is 5.92 Å². The predicted molar refractivity (Wildman–Crippen MR) is 71.0 cm³/mol. The molecular weight excluding hydrogens is 210 g/mol. The quantitative estimate of drug-likeness (QED) is 0.803. The summed E-state index contributed by atoms with van der Waals surface area (Å²) in [5.74, 6) is 0.816. The van der Waals surface area contributed by atoms with Gasteiger partial charge < -0.3 is 10.6 Å². The summed E-state index contributed by atoms with van der Waals surface area (Å²) >= 11 is 0. The second kappa shape index (κ2) is 5.25. The van der Waals surface area contributed by atoms with Crippen LogP contribution in [0.2, 0.25) is 0 Å². The third-order valence-electron chi connectivity index (χ3n) is 5.21. The summed E-state index contributed by atoms with van der Waals surface area (Å²) in [7, 11) is 0. The van der Waals surface area contributed by atoms with Crippen molar-refractivity contribution >= 4 is 0 Å². The van der Waals surface area contributed by atoms with E-state index in [9.17, 15) is 0 Å². The van der Waals surface area contributed by atoms with Gasteiger partial charge in [0.05, 0.1) is 0 Å². The molecule has 2 aliphatic heterocycles. The van der Waals surface area contributed by atoms with Crippen LogP contribution in [-0.2, 0) is 0 Å². The van der Waals surface area contributed by atoms with Crippen LogP contribution in [0.3, 0.4) is 0 Å². The normalized spacial score (nSPS) is 39.7. The number of piperazine rings is 1. The van der Waals surface area contributed by atoms with Gasteiger partial charge in [-0.05, 0) is 51.1 Å². The maximum Gasteiger partial charge on any atom is 0.0224 e. The van der Waals surface area contributed by atoms with E-state index in [-0.39, 0.29) is 0 Å². The molecule has 0 spiro atoms. The first kappa shape index (κ1) is 11.9. The van der Waals surface area contributed by atoms with Gasteiger partial charge in [-0.15, -0.1) is 0 Å². The van der Waals surface area contributed by atoms with Crippen molar-refractivity contribution in [2.45, 2.75) is 50.6 Å². The number of rotatable bonds is 3. The van der Waals surface area contributed by atoms with Crippen LogP contribution in [0.5, 0.6) is 0 Å². The average Bonchev–Trinajstić information content (AvgIpc) is 2.94. The van der Waals surface area contributed by atoms with E-state index < -0.39 is 0 Å². The molecule has 0 bridgehead atoms. The van der Waals surface area contributed by atoms with E-state index in [2.05, 4.69) is 9.80 Å². The average molecular weight is 237 g/mol. The van der Waals surface area contributed by atoms with Gasteiger partial charge in [0.25, 0.3) is 0 Å². The number of fused-ring (bicyclic) bond motifs is 1. The van der Waals surface area contributed by atoms with E-state index in [1.54, 1.807) is 0 Å². The van der Waals surface area contributed by atoms with Gasteiger partial charge in [0.1, 0.15) is 0 Å². The Morgan fingerprint density at radius 2 is 1.94 bits per heavy atom. The maximum atomic E-state index is 6.15. The van der Waals surface area contributed by atoms with E-state index >= 15 is 0 Å². The first-order chi connectivity index (χ1) is 8.33. The highest BCUT2D eigenvalue weighted by molar-refractivity contribution is 4.88. The number of nitrogens with zero attached hydrogens (tertiary/aromatic N) is 2. The van der Waals surface area contributed by atoms with E-state index in [1.165, 1.54) is 71.2 Å². The van der Waals surface area contributed by atoms with Crippen LogP contribution in [-0.4, -0.2) is 54.6 Å². The van der Waals surface area contributed by atoms with Gasteiger partial charge >= 0.3 is 0 Å². The molecule has 3 atom stereocenters. The molecule has 3 fully saturated rings. The summed E-state index contributed by atoms with van der Waals surface area (Å²) in [6.45, 7) is 6.57. The van der Waals surface area contributed by atoms with Crippen molar-refractivity contribution in [1.29, 1.82) is 0 Å². The summed E-state index contributed by atoms with van der Waals surface area (Å²) < 4.78 is 0. The highest BCUT2D eigenvalue weighted by Gasteiger charge is 2.31. The lowest BCUT2D eigenvalue weighted by Gasteiger charge is -2.38. The van der Waals surface area contributed by atoms with Crippen molar-refractivity contribution in [3.05, 3.63) is 0 Å². The molecule has 3 heteroatoms. The van der Waals surface area contributed by atoms with Gasteiger partial charge in [-0.25, -0.2) is 0 Å². The molecule has 0 amide bonds. The van der Waals surface area contributed by atoms with Crippen molar-refractivity contribution in [2.24, 2.45) is 11.7 Å². The first-order valence-electron chi connectivity index (χ1n) is 7.55. The Balaban J connectivity index is 1.43. The monoisotopic (exact) mass is 237 g/mol. The third-order valence-corrected chi connectivity index (χ3v) is 5.21. The van der Waals surface area contributed by atoms with Crippen LogP contribution >= 0.6 is 0 Å². The van der Waals surface area contributed by atoms with Gasteiger partial charge in [-0.1, -0.05) is 6.42 Å². The lowest BCUT2D eigenvalue weighted by molar-refractivity contribution is 0.0992. The zero-order chi connectivity index (χ0) is 11.7. The van der Waals surface area contributed by atoms with Crippen LogP contribution < -0.4 is 5.73 Å². The van der Waals surface area contributed by atoms with Crippen molar-refractivity contribution in [3.63, 3.8) is 0 Å². The Morgan fingerprint density at radius 1 is 1.00 bits per heavy atom. The largest absolute Gasteiger partial charge is 0.327 e. The van der Waals surface area contributed by atoms with Gasteiger partial charge in [0.2, 0.25) is 0 Å². The van der Waals surface area contributed by atoms with Crippen LogP contribution in [0.4, 0.5) is 0 Å². The van der Waals surface area contributed by atoms with Crippen molar-refractivity contribution in [3.8, 4) is 0 Å². The molecule has 3 aliphatic rings. The minimum atomic E-state index is 0.503. The van der Waals surface area contributed by atoms with Gasteiger partial charge in [0, 0.05) is 31.7 Å². The molecule has 2 heterocycles. The highest BCUT2D eigenvalue weighted by atomic mass is 15.3. The second-order valence-corrected chi connectivity index (χ2v) is 6.28. The summed E-state index contributed by atoms with van der Waals surface area (Å²) in [5, 5.41) is 0. The van der Waals surface area contributed by atoms with Crippen LogP contribution in [0.1, 0.15) is 38.5 Å². The molecule has 2 saturated heterocycles. The smallest absolute Gasteiger partial charge is 0.0224 e. The zero-order valence-corrected chi connectivity index (χ0v) is 11.0. The summed E-state index contributed by atoms with van der Waals surface area (Å²) in [6.07, 6.45) is 8.20. The van der Waals surface area contributed by atoms with Crippen LogP contribution in [0.25, 0.3) is 0 Å². The van der Waals surface area contributed by atoms with Crippen molar-refractivity contribution in [1.82, 2.24) is 9.80 Å². The van der Waals surface area contributed by atoms with Crippen molar-refractivity contribution in [2.75, 3.05) is 32.7 Å². The number of hydrogen-bond acceptors (Lipinski definition) is 3. The van der Waals surface area contributed by atoms with E-state index in [0.29, 0.717) is 6.04 Å². The summed E-state index contributed by atoms with van der Waals surface area (Å²) in [4.78, 5) is 5.38. The molecule has 3 unspecified atom stereocenters. The fourth-order valence-electron chi connectivity index (χ4n) is 4.03. The van der Waals surface area contributed by atoms with Crippen LogP contribution in [0.15, 0.2) is 0 Å². The van der Waals surface area contributed by atoms with Gasteiger partial charge in [0.15, 0.2) is 0 Å². The van der Waals surface area contributed by atoms with Gasteiger partial charge in [-0.2, -0.15) is 0 Å². The number of hydrogen-bond donors (Lipinski definition) is 1. The Labute approximate surface area is 105 Å². The number of nitrogens with two attached hydrogens (primary N) is 1. The Kier molecular flexibility index (Phi) is 3.69. The summed E-state index contributed by atoms with van der Waals surface area (Å²) in [5.41, 5.74) is 6.15. The molecule has 0 aromatic rings. The first-order valence-corrected chi connectivity index (χ1v) is 7.55. The lowest BCUT2D eigenvalue weighted by atomic mass is 9.99. The molecule has 0 aromatic heterocycles. The fraction of sp³-hybridized carbons (Fsp3) is 1.00. The lowest BCUT2D eigenvalue weighted by Crippen LogP contribution is -2.50. The molecule has 1 saturated carbocycles. The minimum absolute atomic E-state index is 0.503. The van der Waals surface area contributed by atoms with Crippen molar-refractivity contribution < 1.29 is 0 Å². The molecule has 3 nitrogen and oxygen atoms in total. The SMILES string of the molecule is NC1CCCC1CCN1CCN2CCCC2C1. The molecule has 98 valence electrons. The third kappa shape index (κ3) is 2.67. The Morgan fingerprint density at radius 3 is 2.76 bits per heavy atom. The Hall–Kier alpha value is -0.120. The molecule has 3 rings (SSSR count). The minimum Gasteiger partial charge on any atom is -0.327 e. The molecule has 17 heavy (non-hydrogen) atoms. The standard InChI is InChI=1S/C14H27N3/c15-14-5-1-3-12(14)6-8-16-9-10-17-7-2-4-13(17)11-16/h12-14H,1-11,15H2. The molecule has 2 N–H and O–H groups in total. The second-order valence-electron chi connectivity index (χ2n) is 6.28. The summed E-state index contributed by atoms with van der Waals surface area (Å²) in [6, 6.07) is 1.38. The molecule has 1 aliphatic carbocycles. The Bertz CT molecular complexity index is 256. The molecule has 0 aromatic carbocycles. The zero-order valence-electron chi connectivity index (χ0n) is 11.0. The van der Waals surface area contributed by atoms with E-state index in [1.807, 2.05) is 0 Å². The predicted octanol–water partition coefficient (Wildman–Crippen LogP) is 1.28. The van der Waals surface area contributed by atoms with E-state index in [4.69, 9.17) is 5.73 Å². The topological polar surface area (TPSA) is 32.5 Å². The fourth-order valence-corrected chi connectivity index (χ4v) is 4.03. The maximum absolute atomic E-state index is 6.15. The van der Waals surface area contributed by atoms with Gasteiger partial charge in [-0.3, -0.25) is 4.90 Å². The molecular formula is C14H27N3. The highest BCUT2D eigenvalue weighted by Crippen LogP contribution is 2.28. The van der Waals surface area contributed by atoms with E-state index in [0.717, 1.165) is 12.0 Å². The molecule has 0 radical (unpaired) electrons.